The van der Waals surface area contributed by atoms with Crippen LogP contribution in [0.3, 0.4) is 0 Å². The maximum absolute atomic E-state index is 12.0. The Labute approximate surface area is 134 Å². The van der Waals surface area contributed by atoms with Gasteiger partial charge in [-0.3, -0.25) is 4.79 Å². The number of carbonyl (C=O) groups is 1. The van der Waals surface area contributed by atoms with Gasteiger partial charge in [0.1, 0.15) is 5.75 Å². The van der Waals surface area contributed by atoms with E-state index in [0.717, 1.165) is 11.1 Å². The summed E-state index contributed by atoms with van der Waals surface area (Å²) in [4.78, 5) is 12.0. The first-order valence-corrected chi connectivity index (χ1v) is 8.17. The Hall–Kier alpha value is -1.85. The molecule has 2 aromatic rings. The quantitative estimate of drug-likeness (QED) is 0.859. The summed E-state index contributed by atoms with van der Waals surface area (Å²) in [5.74, 6) is 0.555. The largest absolute Gasteiger partial charge is 0.491 e. The number of carbonyl (C=O) groups excluding carboxylic acids is 1. The highest BCUT2D eigenvalue weighted by molar-refractivity contribution is 7.08. The number of hydrogen-bond donors (Lipinski definition) is 2. The zero-order valence-corrected chi connectivity index (χ0v) is 13.8. The zero-order valence-electron chi connectivity index (χ0n) is 13.0. The summed E-state index contributed by atoms with van der Waals surface area (Å²) in [6, 6.07) is 7.30. The van der Waals surface area contributed by atoms with Crippen molar-refractivity contribution in [1.82, 2.24) is 5.32 Å². The summed E-state index contributed by atoms with van der Waals surface area (Å²) in [6.45, 7) is 5.97. The molecule has 0 spiro atoms. The molecule has 1 amide bonds. The molecule has 5 heteroatoms. The minimum absolute atomic E-state index is 0.0775. The van der Waals surface area contributed by atoms with Crippen molar-refractivity contribution in [2.24, 2.45) is 0 Å². The second-order valence-corrected chi connectivity index (χ2v) is 6.18. The highest BCUT2D eigenvalue weighted by Gasteiger charge is 2.13. The predicted molar refractivity (Wildman–Crippen MR) is 88.6 cm³/mol. The molecule has 0 aliphatic carbocycles. The predicted octanol–water partition coefficient (Wildman–Crippen LogP) is 3.31. The van der Waals surface area contributed by atoms with Crippen molar-refractivity contribution in [3.63, 3.8) is 0 Å². The van der Waals surface area contributed by atoms with E-state index < -0.39 is 6.10 Å². The topological polar surface area (TPSA) is 58.6 Å². The van der Waals surface area contributed by atoms with Gasteiger partial charge in [0.05, 0.1) is 17.8 Å². The molecule has 22 heavy (non-hydrogen) atoms. The standard InChI is InChI=1S/C17H21NO3S/c1-11(2)21-14-6-4-5-13(7-14)16(19)8-18-17(20)15-10-22-9-12(15)3/h4-7,9-11,16,19H,8H2,1-3H3,(H,18,20). The van der Waals surface area contributed by atoms with Crippen molar-refractivity contribution in [2.75, 3.05) is 6.54 Å². The van der Waals surface area contributed by atoms with Crippen LogP contribution in [0.15, 0.2) is 35.0 Å². The molecule has 4 nitrogen and oxygen atoms in total. The summed E-state index contributed by atoms with van der Waals surface area (Å²) < 4.78 is 5.61. The van der Waals surface area contributed by atoms with E-state index in [2.05, 4.69) is 5.32 Å². The van der Waals surface area contributed by atoms with Gasteiger partial charge in [0.15, 0.2) is 0 Å². The van der Waals surface area contributed by atoms with E-state index in [1.54, 1.807) is 6.07 Å². The molecule has 2 N–H and O–H groups in total. The third-order valence-corrected chi connectivity index (χ3v) is 4.03. The lowest BCUT2D eigenvalue weighted by Crippen LogP contribution is -2.28. The minimum Gasteiger partial charge on any atom is -0.491 e. The molecular weight excluding hydrogens is 298 g/mol. The first-order chi connectivity index (χ1) is 10.5. The molecule has 0 fully saturated rings. The third kappa shape index (κ3) is 4.32. The number of ether oxygens (including phenoxy) is 1. The SMILES string of the molecule is Cc1cscc1C(=O)NCC(O)c1cccc(OC(C)C)c1. The van der Waals surface area contributed by atoms with Gasteiger partial charge in [0.2, 0.25) is 0 Å². The molecule has 0 bridgehead atoms. The Bertz CT molecular complexity index is 636. The average molecular weight is 319 g/mol. The van der Waals surface area contributed by atoms with Crippen molar-refractivity contribution >= 4 is 17.2 Å². The number of aryl methyl sites for hydroxylation is 1. The monoisotopic (exact) mass is 319 g/mol. The van der Waals surface area contributed by atoms with Crippen LogP contribution in [0.1, 0.15) is 41.4 Å². The third-order valence-electron chi connectivity index (χ3n) is 3.17. The fourth-order valence-corrected chi connectivity index (χ4v) is 2.89. The Morgan fingerprint density at radius 3 is 2.77 bits per heavy atom. The second kappa shape index (κ2) is 7.42. The number of thiophene rings is 1. The molecule has 0 radical (unpaired) electrons. The molecule has 1 heterocycles. The first kappa shape index (κ1) is 16.5. The van der Waals surface area contributed by atoms with Gasteiger partial charge in [0, 0.05) is 11.9 Å². The average Bonchev–Trinajstić information content (AvgIpc) is 2.90. The number of aliphatic hydroxyl groups is 1. The molecule has 1 unspecified atom stereocenters. The van der Waals surface area contributed by atoms with Crippen LogP contribution >= 0.6 is 11.3 Å². The van der Waals surface area contributed by atoms with Gasteiger partial charge >= 0.3 is 0 Å². The highest BCUT2D eigenvalue weighted by Crippen LogP contribution is 2.20. The molecule has 118 valence electrons. The zero-order chi connectivity index (χ0) is 16.1. The molecule has 2 rings (SSSR count). The van der Waals surface area contributed by atoms with Crippen LogP contribution in [0.4, 0.5) is 0 Å². The Morgan fingerprint density at radius 1 is 1.36 bits per heavy atom. The van der Waals surface area contributed by atoms with E-state index >= 15 is 0 Å². The molecule has 1 atom stereocenters. The van der Waals surface area contributed by atoms with Gasteiger partial charge in [-0.25, -0.2) is 0 Å². The summed E-state index contributed by atoms with van der Waals surface area (Å²) in [5, 5.41) is 16.7. The minimum atomic E-state index is -0.765. The van der Waals surface area contributed by atoms with E-state index in [-0.39, 0.29) is 18.6 Å². The van der Waals surface area contributed by atoms with E-state index in [4.69, 9.17) is 4.74 Å². The van der Waals surface area contributed by atoms with Crippen molar-refractivity contribution in [1.29, 1.82) is 0 Å². The fraction of sp³-hybridized carbons (Fsp3) is 0.353. The van der Waals surface area contributed by atoms with Crippen LogP contribution < -0.4 is 10.1 Å². The van der Waals surface area contributed by atoms with Crippen LogP contribution in [-0.2, 0) is 0 Å². The number of hydrogen-bond acceptors (Lipinski definition) is 4. The van der Waals surface area contributed by atoms with E-state index in [9.17, 15) is 9.90 Å². The molecule has 0 aliphatic rings. The van der Waals surface area contributed by atoms with Gasteiger partial charge in [-0.05, 0) is 49.4 Å². The van der Waals surface area contributed by atoms with E-state index in [1.807, 2.05) is 49.7 Å². The van der Waals surface area contributed by atoms with Crippen LogP contribution in [0, 0.1) is 6.92 Å². The normalized spacial score (nSPS) is 12.2. The van der Waals surface area contributed by atoms with Crippen molar-refractivity contribution in [3.05, 3.63) is 51.7 Å². The van der Waals surface area contributed by atoms with Gasteiger partial charge < -0.3 is 15.2 Å². The number of nitrogens with one attached hydrogen (secondary N) is 1. The van der Waals surface area contributed by atoms with Crippen LogP contribution in [0.2, 0.25) is 0 Å². The Morgan fingerprint density at radius 2 is 2.14 bits per heavy atom. The van der Waals surface area contributed by atoms with E-state index in [0.29, 0.717) is 11.3 Å². The Balaban J connectivity index is 1.96. The molecule has 0 aliphatic heterocycles. The number of rotatable bonds is 6. The van der Waals surface area contributed by atoms with Crippen LogP contribution in [0.25, 0.3) is 0 Å². The first-order valence-electron chi connectivity index (χ1n) is 7.23. The molecule has 1 aromatic carbocycles. The second-order valence-electron chi connectivity index (χ2n) is 5.43. The number of amides is 1. The fourth-order valence-electron chi connectivity index (χ4n) is 2.06. The summed E-state index contributed by atoms with van der Waals surface area (Å²) in [6.07, 6.45) is -0.688. The highest BCUT2D eigenvalue weighted by atomic mass is 32.1. The molecule has 0 saturated heterocycles. The summed E-state index contributed by atoms with van der Waals surface area (Å²) in [5.41, 5.74) is 2.33. The van der Waals surface area contributed by atoms with Crippen LogP contribution in [0.5, 0.6) is 5.75 Å². The molecule has 0 saturated carbocycles. The van der Waals surface area contributed by atoms with Crippen molar-refractivity contribution in [2.45, 2.75) is 33.0 Å². The van der Waals surface area contributed by atoms with Crippen molar-refractivity contribution < 1.29 is 14.6 Å². The maximum atomic E-state index is 12.0. The van der Waals surface area contributed by atoms with Gasteiger partial charge in [-0.15, -0.1) is 0 Å². The van der Waals surface area contributed by atoms with Crippen molar-refractivity contribution in [3.8, 4) is 5.75 Å². The summed E-state index contributed by atoms with van der Waals surface area (Å²) >= 11 is 1.49. The Kier molecular flexibility index (Phi) is 5.57. The van der Waals surface area contributed by atoms with Crippen LogP contribution in [-0.4, -0.2) is 23.7 Å². The molecule has 1 aromatic heterocycles. The summed E-state index contributed by atoms with van der Waals surface area (Å²) in [7, 11) is 0. The lowest BCUT2D eigenvalue weighted by Gasteiger charge is -2.15. The molecular formula is C17H21NO3S. The lowest BCUT2D eigenvalue weighted by atomic mass is 10.1. The number of benzene rings is 1. The lowest BCUT2D eigenvalue weighted by molar-refractivity contribution is 0.0916. The van der Waals surface area contributed by atoms with Gasteiger partial charge in [-0.1, -0.05) is 12.1 Å². The van der Waals surface area contributed by atoms with Gasteiger partial charge in [-0.2, -0.15) is 11.3 Å². The van der Waals surface area contributed by atoms with Gasteiger partial charge in [0.25, 0.3) is 5.91 Å². The van der Waals surface area contributed by atoms with E-state index in [1.165, 1.54) is 11.3 Å². The maximum Gasteiger partial charge on any atom is 0.252 e. The number of aliphatic hydroxyl groups excluding tert-OH is 1. The smallest absolute Gasteiger partial charge is 0.252 e.